The van der Waals surface area contributed by atoms with E-state index in [1.807, 2.05) is 11.8 Å². The summed E-state index contributed by atoms with van der Waals surface area (Å²) in [4.78, 5) is 18.2. The van der Waals surface area contributed by atoms with Gasteiger partial charge in [0.2, 0.25) is 0 Å². The molecule has 1 aliphatic heterocycles. The molecule has 8 nitrogen and oxygen atoms in total. The summed E-state index contributed by atoms with van der Waals surface area (Å²) in [6.07, 6.45) is 12.3. The van der Waals surface area contributed by atoms with Crippen LogP contribution in [0, 0.1) is 0 Å². The minimum atomic E-state index is -0.170. The van der Waals surface area contributed by atoms with Crippen LogP contribution < -0.4 is 21.3 Å². The Kier molecular flexibility index (Phi) is 19.4. The monoisotopic (exact) mass is 686 g/mol. The van der Waals surface area contributed by atoms with Gasteiger partial charge in [0.15, 0.2) is 0 Å². The number of nitrogens with zero attached hydrogens (tertiary/aromatic N) is 1. The quantitative estimate of drug-likeness (QED) is 0.113. The second-order valence-electron chi connectivity index (χ2n) is 11.3. The Morgan fingerprint density at radius 3 is 1.93 bits per heavy atom. The van der Waals surface area contributed by atoms with Gasteiger partial charge in [-0.15, -0.1) is 11.8 Å². The normalized spacial score (nSPS) is 25.0. The van der Waals surface area contributed by atoms with E-state index < -0.39 is 0 Å². The SMILES string of the molecule is CCCOCCC(=O)OCCCSc1cc2nc(c1)CN[C@@H]1CCCC[C@H]1NCCN[C@@H]1CCCC[C@H]1NC2.[Cl][Mn][Cl]. The Morgan fingerprint density at radius 1 is 0.881 bits per heavy atom. The number of fused-ring (bicyclic) bond motifs is 4. The summed E-state index contributed by atoms with van der Waals surface area (Å²) in [5.74, 6) is 0.740. The van der Waals surface area contributed by atoms with Crippen LogP contribution in [-0.2, 0) is 40.5 Å². The molecular weight excluding hydrogens is 636 g/mol. The summed E-state index contributed by atoms with van der Waals surface area (Å²) < 4.78 is 10.8. The fraction of sp³-hybridized carbons (Fsp3) is 0.800. The zero-order valence-corrected chi connectivity index (χ0v) is 28.6. The summed E-state index contributed by atoms with van der Waals surface area (Å²) in [5, 5.41) is 15.4. The summed E-state index contributed by atoms with van der Waals surface area (Å²) >= 11 is 1.84. The van der Waals surface area contributed by atoms with Crippen molar-refractivity contribution in [3.8, 4) is 0 Å². The van der Waals surface area contributed by atoms with Crippen molar-refractivity contribution in [1.29, 1.82) is 0 Å². The van der Waals surface area contributed by atoms with Gasteiger partial charge in [-0.05, 0) is 50.7 Å². The van der Waals surface area contributed by atoms with E-state index in [2.05, 4.69) is 40.3 Å². The zero-order chi connectivity index (χ0) is 29.8. The topological polar surface area (TPSA) is 96.5 Å². The second kappa shape index (κ2) is 22.4. The third-order valence-electron chi connectivity index (χ3n) is 8.09. The number of esters is 1. The van der Waals surface area contributed by atoms with Crippen molar-refractivity contribution >= 4 is 37.9 Å². The molecule has 4 atom stereocenters. The molecule has 0 unspecified atom stereocenters. The summed E-state index contributed by atoms with van der Waals surface area (Å²) in [5.41, 5.74) is 2.24. The van der Waals surface area contributed by atoms with Crippen LogP contribution in [0.5, 0.6) is 0 Å². The molecule has 241 valence electrons. The number of ether oxygens (including phenoxy) is 2. The van der Waals surface area contributed by atoms with E-state index in [-0.39, 0.29) is 19.1 Å². The Morgan fingerprint density at radius 2 is 1.40 bits per heavy atom. The van der Waals surface area contributed by atoms with Gasteiger partial charge in [-0.1, -0.05) is 32.6 Å². The molecule has 1 aromatic heterocycles. The van der Waals surface area contributed by atoms with Gasteiger partial charge in [0.05, 0.1) is 31.0 Å². The molecule has 0 saturated heterocycles. The third kappa shape index (κ3) is 14.3. The standard InChI is InChI=1S/C30H51N5O3S.2ClH.Mn/c1-2-15-37-17-12-30(36)38-16-7-18-39-25-19-23-21-33-28-10-5-3-8-26(28)31-13-14-32-27-9-4-6-11-29(27)34-22-24(20-25)35-23;;;/h19-20,26-29,31-34H,2-18,21-22H2,1H3;2*1H;/q;;;+2/p-2/t26-,27-,28-,29-;;;/m1.../s1. The molecule has 2 aliphatic carbocycles. The number of rotatable bonds is 10. The van der Waals surface area contributed by atoms with Gasteiger partial charge in [0.25, 0.3) is 0 Å². The van der Waals surface area contributed by atoms with E-state index in [9.17, 15) is 4.79 Å². The molecule has 2 heterocycles. The van der Waals surface area contributed by atoms with Gasteiger partial charge in [-0.2, -0.15) is 0 Å². The molecule has 42 heavy (non-hydrogen) atoms. The van der Waals surface area contributed by atoms with Crippen LogP contribution in [0.25, 0.3) is 0 Å². The number of hydrogen-bond donors (Lipinski definition) is 4. The van der Waals surface area contributed by atoms with Gasteiger partial charge < -0.3 is 30.7 Å². The Hall–Kier alpha value is -0.131. The predicted molar refractivity (Wildman–Crippen MR) is 170 cm³/mol. The van der Waals surface area contributed by atoms with E-state index in [0.29, 0.717) is 50.4 Å². The third-order valence-corrected chi connectivity index (χ3v) is 9.15. The average molecular weight is 688 g/mol. The summed E-state index contributed by atoms with van der Waals surface area (Å²) in [6.45, 7) is 7.31. The first kappa shape index (κ1) is 36.3. The number of halogens is 2. The van der Waals surface area contributed by atoms with Crippen LogP contribution in [0.3, 0.4) is 0 Å². The molecule has 0 spiro atoms. The zero-order valence-electron chi connectivity index (χ0n) is 25.1. The van der Waals surface area contributed by atoms with Gasteiger partial charge in [-0.3, -0.25) is 9.78 Å². The molecule has 2 saturated carbocycles. The van der Waals surface area contributed by atoms with Crippen LogP contribution in [0.1, 0.15) is 88.9 Å². The number of carbonyl (C=O) groups is 1. The molecule has 3 aliphatic rings. The Labute approximate surface area is 272 Å². The first-order chi connectivity index (χ1) is 20.6. The minimum absolute atomic E-state index is 0.00694. The van der Waals surface area contributed by atoms with Crippen molar-refractivity contribution in [3.05, 3.63) is 23.5 Å². The molecule has 4 rings (SSSR count). The molecule has 4 N–H and O–H groups in total. The van der Waals surface area contributed by atoms with Crippen molar-refractivity contribution < 1.29 is 27.4 Å². The predicted octanol–water partition coefficient (Wildman–Crippen LogP) is 5.29. The van der Waals surface area contributed by atoms with Gasteiger partial charge in [-0.25, -0.2) is 0 Å². The number of aromatic nitrogens is 1. The average Bonchev–Trinajstić information content (AvgIpc) is 3.00. The first-order valence-electron chi connectivity index (χ1n) is 15.8. The number of carbonyl (C=O) groups excluding carboxylic acids is 1. The summed E-state index contributed by atoms with van der Waals surface area (Å²) in [6, 6.07) is 6.54. The molecule has 2 fully saturated rings. The molecular formula is C30H51Cl2MnN5O3S. The Balaban J connectivity index is 0.00000155. The number of nitrogens with one attached hydrogen (secondary N) is 4. The fourth-order valence-electron chi connectivity index (χ4n) is 6.02. The Bertz CT molecular complexity index is 845. The number of thioether (sulfide) groups is 1. The van der Waals surface area contributed by atoms with Crippen LogP contribution in [0.4, 0.5) is 0 Å². The van der Waals surface area contributed by atoms with Crippen LogP contribution in [-0.4, -0.2) is 73.8 Å². The molecule has 0 radical (unpaired) electrons. The van der Waals surface area contributed by atoms with Crippen molar-refractivity contribution in [2.24, 2.45) is 0 Å². The fourth-order valence-corrected chi connectivity index (χ4v) is 6.95. The number of pyridine rings is 1. The van der Waals surface area contributed by atoms with Crippen LogP contribution in [0.15, 0.2) is 17.0 Å². The second-order valence-corrected chi connectivity index (χ2v) is 14.4. The van der Waals surface area contributed by atoms with Crippen molar-refractivity contribution in [2.45, 2.75) is 120 Å². The maximum absolute atomic E-state index is 11.9. The molecule has 0 aromatic carbocycles. The van der Waals surface area contributed by atoms with E-state index in [0.717, 1.165) is 56.2 Å². The molecule has 0 amide bonds. The van der Waals surface area contributed by atoms with E-state index >= 15 is 0 Å². The molecule has 1 aromatic rings. The number of hydrogen-bond acceptors (Lipinski definition) is 9. The maximum atomic E-state index is 11.9. The van der Waals surface area contributed by atoms with Crippen molar-refractivity contribution in [1.82, 2.24) is 26.3 Å². The van der Waals surface area contributed by atoms with Gasteiger partial charge in [0.1, 0.15) is 0 Å². The first-order valence-corrected chi connectivity index (χ1v) is 20.0. The van der Waals surface area contributed by atoms with E-state index in [4.69, 9.17) is 34.7 Å². The van der Waals surface area contributed by atoms with Crippen molar-refractivity contribution in [3.63, 3.8) is 0 Å². The van der Waals surface area contributed by atoms with E-state index in [1.54, 1.807) is 0 Å². The molecule has 12 heteroatoms. The van der Waals surface area contributed by atoms with E-state index in [1.165, 1.54) is 56.3 Å². The molecule has 2 bridgehead atoms. The van der Waals surface area contributed by atoms with Gasteiger partial charge in [0, 0.05) is 67.6 Å². The van der Waals surface area contributed by atoms with Crippen LogP contribution in [0.2, 0.25) is 0 Å². The summed E-state index contributed by atoms with van der Waals surface area (Å²) in [7, 11) is 9.59. The van der Waals surface area contributed by atoms with Crippen molar-refractivity contribution in [2.75, 3.05) is 38.7 Å². The van der Waals surface area contributed by atoms with Gasteiger partial charge >= 0.3 is 39.3 Å². The van der Waals surface area contributed by atoms with Crippen LogP contribution >= 0.6 is 32.0 Å².